The van der Waals surface area contributed by atoms with Gasteiger partial charge >= 0.3 is 0 Å². The van der Waals surface area contributed by atoms with Gasteiger partial charge in [-0.2, -0.15) is 9.67 Å². The lowest BCUT2D eigenvalue weighted by molar-refractivity contribution is 0.0947. The average Bonchev–Trinajstić information content (AvgIpc) is 3.36. The van der Waals surface area contributed by atoms with Crippen molar-refractivity contribution < 1.29 is 13.6 Å². The minimum absolute atomic E-state index is 0.175. The van der Waals surface area contributed by atoms with E-state index in [2.05, 4.69) is 15.4 Å². The molecule has 2 heterocycles. The number of rotatable bonds is 5. The van der Waals surface area contributed by atoms with Gasteiger partial charge in [-0.05, 0) is 35.9 Å². The predicted molar refractivity (Wildman–Crippen MR) is 97.6 cm³/mol. The lowest BCUT2D eigenvalue weighted by Gasteiger charge is -2.07. The molecule has 0 aliphatic rings. The zero-order valence-electron chi connectivity index (χ0n) is 14.2. The van der Waals surface area contributed by atoms with Crippen LogP contribution in [-0.2, 0) is 6.54 Å². The van der Waals surface area contributed by atoms with Gasteiger partial charge in [-0.25, -0.2) is 4.39 Å². The van der Waals surface area contributed by atoms with Gasteiger partial charge in [0.1, 0.15) is 5.82 Å². The monoisotopic (exact) mass is 362 g/mol. The van der Waals surface area contributed by atoms with Crippen LogP contribution in [0.4, 0.5) is 10.3 Å². The molecule has 0 aliphatic heterocycles. The standard InChI is InChI=1S/C20H15FN4O2/c21-16-9-4-8-15(12-16)19(26)25-20(22-13-14-6-2-1-3-7-14)23-18(24-25)17-10-5-11-27-17/h1-12H,13H2,(H,22,23,24). The number of anilines is 1. The molecule has 2 aromatic carbocycles. The highest BCUT2D eigenvalue weighted by atomic mass is 19.1. The SMILES string of the molecule is O=C(c1cccc(F)c1)n1nc(-c2ccco2)nc1NCc1ccccc1. The molecule has 27 heavy (non-hydrogen) atoms. The van der Waals surface area contributed by atoms with E-state index in [0.29, 0.717) is 12.3 Å². The van der Waals surface area contributed by atoms with E-state index in [1.54, 1.807) is 12.1 Å². The van der Waals surface area contributed by atoms with E-state index in [1.807, 2.05) is 30.3 Å². The molecule has 2 aromatic heterocycles. The molecule has 0 radical (unpaired) electrons. The number of carbonyl (C=O) groups is 1. The molecule has 0 fully saturated rings. The maximum Gasteiger partial charge on any atom is 0.281 e. The fourth-order valence-corrected chi connectivity index (χ4v) is 2.60. The Morgan fingerprint density at radius 2 is 1.93 bits per heavy atom. The van der Waals surface area contributed by atoms with Crippen molar-refractivity contribution >= 4 is 11.9 Å². The van der Waals surface area contributed by atoms with E-state index < -0.39 is 11.7 Å². The summed E-state index contributed by atoms with van der Waals surface area (Å²) in [5.74, 6) is -0.0373. The van der Waals surface area contributed by atoms with Crippen LogP contribution in [0.5, 0.6) is 0 Å². The van der Waals surface area contributed by atoms with Gasteiger partial charge in [-0.1, -0.05) is 36.4 Å². The molecular formula is C20H15FN4O2. The van der Waals surface area contributed by atoms with Crippen molar-refractivity contribution in [1.29, 1.82) is 0 Å². The first-order valence-electron chi connectivity index (χ1n) is 8.30. The second kappa shape index (κ2) is 7.25. The Labute approximate surface area is 154 Å². The maximum absolute atomic E-state index is 13.5. The van der Waals surface area contributed by atoms with Crippen LogP contribution >= 0.6 is 0 Å². The third-order valence-electron chi connectivity index (χ3n) is 3.91. The van der Waals surface area contributed by atoms with Crippen LogP contribution in [0.15, 0.2) is 77.4 Å². The minimum Gasteiger partial charge on any atom is -0.461 e. The van der Waals surface area contributed by atoms with Gasteiger partial charge in [0.05, 0.1) is 6.26 Å². The van der Waals surface area contributed by atoms with Gasteiger partial charge in [0.2, 0.25) is 11.8 Å². The van der Waals surface area contributed by atoms with Gasteiger partial charge in [0.15, 0.2) is 5.76 Å². The van der Waals surface area contributed by atoms with Crippen molar-refractivity contribution in [3.05, 3.63) is 89.9 Å². The Balaban J connectivity index is 1.69. The highest BCUT2D eigenvalue weighted by Crippen LogP contribution is 2.20. The van der Waals surface area contributed by atoms with Crippen LogP contribution < -0.4 is 5.32 Å². The van der Waals surface area contributed by atoms with Crippen LogP contribution in [0.2, 0.25) is 0 Å². The highest BCUT2D eigenvalue weighted by molar-refractivity contribution is 5.97. The normalized spacial score (nSPS) is 10.7. The molecule has 6 nitrogen and oxygen atoms in total. The van der Waals surface area contributed by atoms with E-state index in [1.165, 1.54) is 24.5 Å². The van der Waals surface area contributed by atoms with Crippen LogP contribution in [0, 0.1) is 5.82 Å². The highest BCUT2D eigenvalue weighted by Gasteiger charge is 2.20. The third-order valence-corrected chi connectivity index (χ3v) is 3.91. The first-order valence-corrected chi connectivity index (χ1v) is 8.30. The summed E-state index contributed by atoms with van der Waals surface area (Å²) in [6, 6.07) is 18.5. The molecule has 4 aromatic rings. The number of carbonyl (C=O) groups excluding carboxylic acids is 1. The molecular weight excluding hydrogens is 347 g/mol. The molecule has 7 heteroatoms. The molecule has 0 amide bonds. The van der Waals surface area contributed by atoms with Crippen molar-refractivity contribution in [2.24, 2.45) is 0 Å². The maximum atomic E-state index is 13.5. The lowest BCUT2D eigenvalue weighted by atomic mass is 10.2. The summed E-state index contributed by atoms with van der Waals surface area (Å²) < 4.78 is 20.0. The summed E-state index contributed by atoms with van der Waals surface area (Å²) in [7, 11) is 0. The topological polar surface area (TPSA) is 73.0 Å². The van der Waals surface area contributed by atoms with E-state index in [4.69, 9.17) is 4.42 Å². The Kier molecular flexibility index (Phi) is 4.49. The van der Waals surface area contributed by atoms with Crippen LogP contribution in [-0.4, -0.2) is 20.7 Å². The number of halogens is 1. The van der Waals surface area contributed by atoms with Gasteiger partial charge in [0.25, 0.3) is 5.91 Å². The Morgan fingerprint density at radius 3 is 2.67 bits per heavy atom. The van der Waals surface area contributed by atoms with Gasteiger partial charge in [0, 0.05) is 12.1 Å². The number of nitrogens with one attached hydrogen (secondary N) is 1. The van der Waals surface area contributed by atoms with E-state index in [9.17, 15) is 9.18 Å². The summed E-state index contributed by atoms with van der Waals surface area (Å²) >= 11 is 0. The van der Waals surface area contributed by atoms with Crippen molar-refractivity contribution in [2.45, 2.75) is 6.54 Å². The molecule has 0 bridgehead atoms. The molecule has 0 saturated carbocycles. The molecule has 134 valence electrons. The van der Waals surface area contributed by atoms with Crippen LogP contribution in [0.3, 0.4) is 0 Å². The van der Waals surface area contributed by atoms with Crippen LogP contribution in [0.25, 0.3) is 11.6 Å². The quantitative estimate of drug-likeness (QED) is 0.581. The number of benzene rings is 2. The largest absolute Gasteiger partial charge is 0.461 e. The van der Waals surface area contributed by atoms with E-state index >= 15 is 0 Å². The number of hydrogen-bond acceptors (Lipinski definition) is 5. The molecule has 0 unspecified atom stereocenters. The van der Waals surface area contributed by atoms with Crippen molar-refractivity contribution in [2.75, 3.05) is 5.32 Å². The van der Waals surface area contributed by atoms with Gasteiger partial charge in [-0.3, -0.25) is 4.79 Å². The second-order valence-electron chi connectivity index (χ2n) is 5.80. The average molecular weight is 362 g/mol. The van der Waals surface area contributed by atoms with Gasteiger partial charge < -0.3 is 9.73 Å². The van der Waals surface area contributed by atoms with Crippen molar-refractivity contribution in [3.8, 4) is 11.6 Å². The zero-order valence-corrected chi connectivity index (χ0v) is 14.2. The zero-order chi connectivity index (χ0) is 18.6. The van der Waals surface area contributed by atoms with E-state index in [0.717, 1.165) is 16.3 Å². The summed E-state index contributed by atoms with van der Waals surface area (Å²) in [4.78, 5) is 17.2. The summed E-state index contributed by atoms with van der Waals surface area (Å²) in [5.41, 5.74) is 1.19. The summed E-state index contributed by atoms with van der Waals surface area (Å²) in [5, 5.41) is 7.36. The lowest BCUT2D eigenvalue weighted by Crippen LogP contribution is -2.17. The smallest absolute Gasteiger partial charge is 0.281 e. The first kappa shape index (κ1) is 16.7. The fourth-order valence-electron chi connectivity index (χ4n) is 2.60. The number of aromatic nitrogens is 3. The van der Waals surface area contributed by atoms with Crippen molar-refractivity contribution in [1.82, 2.24) is 14.8 Å². The number of furan rings is 1. The minimum atomic E-state index is -0.494. The molecule has 1 N–H and O–H groups in total. The Bertz CT molecular complexity index is 1060. The number of hydrogen-bond donors (Lipinski definition) is 1. The summed E-state index contributed by atoms with van der Waals surface area (Å²) in [6.45, 7) is 0.452. The molecule has 0 saturated heterocycles. The number of nitrogens with zero attached hydrogens (tertiary/aromatic N) is 3. The Hall–Kier alpha value is -3.74. The van der Waals surface area contributed by atoms with Crippen molar-refractivity contribution in [3.63, 3.8) is 0 Å². The third kappa shape index (κ3) is 3.62. The first-order chi connectivity index (χ1) is 13.2. The molecule has 0 spiro atoms. The molecule has 0 atom stereocenters. The predicted octanol–water partition coefficient (Wildman–Crippen LogP) is 3.98. The summed E-state index contributed by atoms with van der Waals surface area (Å²) in [6.07, 6.45) is 1.50. The second-order valence-corrected chi connectivity index (χ2v) is 5.80. The fraction of sp³-hybridized carbons (Fsp3) is 0.0500. The van der Waals surface area contributed by atoms with Crippen LogP contribution in [0.1, 0.15) is 15.9 Å². The molecule has 0 aliphatic carbocycles. The van der Waals surface area contributed by atoms with Gasteiger partial charge in [-0.15, -0.1) is 5.10 Å². The molecule has 4 rings (SSSR count). The van der Waals surface area contributed by atoms with E-state index in [-0.39, 0.29) is 17.3 Å². The Morgan fingerprint density at radius 1 is 1.07 bits per heavy atom.